The lowest BCUT2D eigenvalue weighted by atomic mass is 10.0. The van der Waals surface area contributed by atoms with Crippen LogP contribution in [0.1, 0.15) is 53.6 Å². The first-order chi connectivity index (χ1) is 12.8. The first-order valence-electron chi connectivity index (χ1n) is 9.22. The largest absolute Gasteiger partial charge is 0.485 e. The second-order valence-corrected chi connectivity index (χ2v) is 7.67. The number of amides is 1. The van der Waals surface area contributed by atoms with Gasteiger partial charge in [0.25, 0.3) is 5.91 Å². The van der Waals surface area contributed by atoms with Gasteiger partial charge in [-0.25, -0.2) is 0 Å². The number of rotatable bonds is 9. The van der Waals surface area contributed by atoms with Crippen LogP contribution in [0.5, 0.6) is 5.75 Å². The Bertz CT molecular complexity index is 769. The average Bonchev–Trinajstić information content (AvgIpc) is 3.08. The highest BCUT2D eigenvalue weighted by molar-refractivity contribution is 6.31. The fourth-order valence-electron chi connectivity index (χ4n) is 2.66. The van der Waals surface area contributed by atoms with Crippen molar-refractivity contribution in [1.82, 2.24) is 10.2 Å². The lowest BCUT2D eigenvalue weighted by Gasteiger charge is -2.15. The molecule has 0 atom stereocenters. The first-order valence-corrected chi connectivity index (χ1v) is 9.60. The molecule has 0 aliphatic rings. The Morgan fingerprint density at radius 3 is 2.70 bits per heavy atom. The SMILES string of the molecule is Cc1cc(OCc2ccc(C(=O)NCCCN(C)C)o2)c(C(C)C)cc1Cl. The molecule has 0 fully saturated rings. The summed E-state index contributed by atoms with van der Waals surface area (Å²) in [5.74, 6) is 1.78. The van der Waals surface area contributed by atoms with Crippen molar-refractivity contribution in [3.63, 3.8) is 0 Å². The molecule has 1 amide bonds. The molecule has 0 saturated carbocycles. The predicted octanol–water partition coefficient (Wildman–Crippen LogP) is 4.63. The van der Waals surface area contributed by atoms with Gasteiger partial charge in [-0.1, -0.05) is 25.4 Å². The number of furan rings is 1. The number of carbonyl (C=O) groups excluding carboxylic acids is 1. The van der Waals surface area contributed by atoms with E-state index in [9.17, 15) is 4.79 Å². The van der Waals surface area contributed by atoms with Crippen molar-refractivity contribution >= 4 is 17.5 Å². The van der Waals surface area contributed by atoms with E-state index in [1.165, 1.54) is 0 Å². The van der Waals surface area contributed by atoms with Gasteiger partial charge in [-0.05, 0) is 75.3 Å². The summed E-state index contributed by atoms with van der Waals surface area (Å²) in [5, 5.41) is 3.60. The lowest BCUT2D eigenvalue weighted by molar-refractivity contribution is 0.0920. The van der Waals surface area contributed by atoms with Gasteiger partial charge in [-0.15, -0.1) is 0 Å². The number of aryl methyl sites for hydroxylation is 1. The quantitative estimate of drug-likeness (QED) is 0.632. The van der Waals surface area contributed by atoms with Crippen molar-refractivity contribution in [3.05, 3.63) is 51.9 Å². The zero-order valence-electron chi connectivity index (χ0n) is 16.8. The van der Waals surface area contributed by atoms with Crippen molar-refractivity contribution < 1.29 is 13.9 Å². The number of hydrogen-bond donors (Lipinski definition) is 1. The number of hydrogen-bond acceptors (Lipinski definition) is 4. The topological polar surface area (TPSA) is 54.7 Å². The van der Waals surface area contributed by atoms with Crippen LogP contribution in [0.4, 0.5) is 0 Å². The number of halogens is 1. The number of benzene rings is 1. The highest BCUT2D eigenvalue weighted by Gasteiger charge is 2.14. The normalized spacial score (nSPS) is 11.3. The molecule has 0 aliphatic carbocycles. The molecule has 0 unspecified atom stereocenters. The van der Waals surface area contributed by atoms with Gasteiger partial charge >= 0.3 is 0 Å². The van der Waals surface area contributed by atoms with Gasteiger partial charge in [0, 0.05) is 11.6 Å². The van der Waals surface area contributed by atoms with Crippen LogP contribution in [0.3, 0.4) is 0 Å². The fourth-order valence-corrected chi connectivity index (χ4v) is 2.83. The summed E-state index contributed by atoms with van der Waals surface area (Å²) >= 11 is 6.23. The van der Waals surface area contributed by atoms with E-state index >= 15 is 0 Å². The van der Waals surface area contributed by atoms with E-state index in [0.29, 0.717) is 24.0 Å². The van der Waals surface area contributed by atoms with Gasteiger partial charge in [-0.2, -0.15) is 0 Å². The minimum Gasteiger partial charge on any atom is -0.485 e. The highest BCUT2D eigenvalue weighted by atomic mass is 35.5. The molecular weight excluding hydrogens is 364 g/mol. The molecule has 0 bridgehead atoms. The number of carbonyl (C=O) groups is 1. The Hall–Kier alpha value is -1.98. The van der Waals surface area contributed by atoms with Gasteiger partial charge in [-0.3, -0.25) is 4.79 Å². The van der Waals surface area contributed by atoms with Crippen LogP contribution in [0, 0.1) is 6.92 Å². The molecular formula is C21H29ClN2O3. The van der Waals surface area contributed by atoms with E-state index in [-0.39, 0.29) is 12.5 Å². The van der Waals surface area contributed by atoms with Crippen LogP contribution >= 0.6 is 11.6 Å². The Kier molecular flexibility index (Phi) is 7.75. The summed E-state index contributed by atoms with van der Waals surface area (Å²) < 4.78 is 11.6. The molecule has 148 valence electrons. The second kappa shape index (κ2) is 9.81. The fraction of sp³-hybridized carbons (Fsp3) is 0.476. The van der Waals surface area contributed by atoms with Crippen molar-refractivity contribution in [2.75, 3.05) is 27.2 Å². The maximum absolute atomic E-state index is 12.1. The first kappa shape index (κ1) is 21.3. The van der Waals surface area contributed by atoms with Crippen LogP contribution < -0.4 is 10.1 Å². The molecule has 6 heteroatoms. The monoisotopic (exact) mass is 392 g/mol. The summed E-state index contributed by atoms with van der Waals surface area (Å²) in [5.41, 5.74) is 2.02. The summed E-state index contributed by atoms with van der Waals surface area (Å²) in [7, 11) is 4.01. The van der Waals surface area contributed by atoms with E-state index in [1.807, 2.05) is 33.2 Å². The van der Waals surface area contributed by atoms with Gasteiger partial charge in [0.2, 0.25) is 0 Å². The maximum atomic E-state index is 12.1. The molecule has 27 heavy (non-hydrogen) atoms. The Labute approximate surface area is 166 Å². The van der Waals surface area contributed by atoms with Crippen LogP contribution in [-0.2, 0) is 6.61 Å². The van der Waals surface area contributed by atoms with Crippen LogP contribution in [0.25, 0.3) is 0 Å². The van der Waals surface area contributed by atoms with Crippen LogP contribution in [0.2, 0.25) is 5.02 Å². The standard InChI is InChI=1S/C21H29ClN2O3/c1-14(2)17-12-18(22)15(3)11-20(17)26-13-16-7-8-19(27-16)21(25)23-9-6-10-24(4)5/h7-8,11-12,14H,6,9-10,13H2,1-5H3,(H,23,25). The molecule has 5 nitrogen and oxygen atoms in total. The van der Waals surface area contributed by atoms with Crippen molar-refractivity contribution in [2.24, 2.45) is 0 Å². The smallest absolute Gasteiger partial charge is 0.286 e. The van der Waals surface area contributed by atoms with E-state index in [1.54, 1.807) is 12.1 Å². The van der Waals surface area contributed by atoms with Gasteiger partial charge in [0.05, 0.1) is 0 Å². The van der Waals surface area contributed by atoms with Gasteiger partial charge in [0.15, 0.2) is 5.76 Å². The average molecular weight is 393 g/mol. The Morgan fingerprint density at radius 2 is 2.04 bits per heavy atom. The molecule has 2 aromatic rings. The van der Waals surface area contributed by atoms with Crippen molar-refractivity contribution in [2.45, 2.75) is 39.7 Å². The summed E-state index contributed by atoms with van der Waals surface area (Å²) in [6.07, 6.45) is 0.892. The minimum absolute atomic E-state index is 0.204. The van der Waals surface area contributed by atoms with E-state index < -0.39 is 0 Å². The predicted molar refractivity (Wildman–Crippen MR) is 109 cm³/mol. The summed E-state index contributed by atoms with van der Waals surface area (Å²) in [4.78, 5) is 14.2. The maximum Gasteiger partial charge on any atom is 0.286 e. The zero-order chi connectivity index (χ0) is 20.0. The molecule has 0 aliphatic heterocycles. The Morgan fingerprint density at radius 1 is 1.30 bits per heavy atom. The minimum atomic E-state index is -0.204. The molecule has 1 aromatic carbocycles. The van der Waals surface area contributed by atoms with E-state index in [2.05, 4.69) is 24.1 Å². The molecule has 0 spiro atoms. The third kappa shape index (κ3) is 6.29. The molecule has 1 N–H and O–H groups in total. The highest BCUT2D eigenvalue weighted by Crippen LogP contribution is 2.32. The van der Waals surface area contributed by atoms with Gasteiger partial charge < -0.3 is 19.4 Å². The van der Waals surface area contributed by atoms with Crippen LogP contribution in [0.15, 0.2) is 28.7 Å². The molecule has 1 heterocycles. The molecule has 1 aromatic heterocycles. The number of nitrogens with one attached hydrogen (secondary N) is 1. The molecule has 0 radical (unpaired) electrons. The third-order valence-electron chi connectivity index (χ3n) is 4.24. The van der Waals surface area contributed by atoms with Crippen molar-refractivity contribution in [3.8, 4) is 5.75 Å². The lowest BCUT2D eigenvalue weighted by Crippen LogP contribution is -2.26. The Balaban J connectivity index is 1.95. The number of ether oxygens (including phenoxy) is 1. The molecule has 2 rings (SSSR count). The van der Waals surface area contributed by atoms with E-state index in [4.69, 9.17) is 20.8 Å². The van der Waals surface area contributed by atoms with Gasteiger partial charge in [0.1, 0.15) is 18.1 Å². The second-order valence-electron chi connectivity index (χ2n) is 7.26. The summed E-state index contributed by atoms with van der Waals surface area (Å²) in [6.45, 7) is 7.94. The third-order valence-corrected chi connectivity index (χ3v) is 4.64. The van der Waals surface area contributed by atoms with Crippen molar-refractivity contribution in [1.29, 1.82) is 0 Å². The van der Waals surface area contributed by atoms with Crippen LogP contribution in [-0.4, -0.2) is 38.0 Å². The zero-order valence-corrected chi connectivity index (χ0v) is 17.5. The number of nitrogens with zero attached hydrogens (tertiary/aromatic N) is 1. The van der Waals surface area contributed by atoms with E-state index in [0.717, 1.165) is 34.9 Å². The molecule has 0 saturated heterocycles. The summed E-state index contributed by atoms with van der Waals surface area (Å²) in [6, 6.07) is 7.34.